The fourth-order valence-electron chi connectivity index (χ4n) is 2.88. The summed E-state index contributed by atoms with van der Waals surface area (Å²) in [5, 5.41) is 3.42. The number of hydrogen-bond donors (Lipinski definition) is 1. The maximum absolute atomic E-state index is 3.42. The maximum atomic E-state index is 3.42. The minimum Gasteiger partial charge on any atom is -0.317 e. The van der Waals surface area contributed by atoms with Gasteiger partial charge in [0, 0.05) is 0 Å². The predicted octanol–water partition coefficient (Wildman–Crippen LogP) is 3.71. The average Bonchev–Trinajstić information content (AvgIpc) is 2.30. The lowest BCUT2D eigenvalue weighted by atomic mass is 9.90. The van der Waals surface area contributed by atoms with Crippen molar-refractivity contribution in [2.45, 2.75) is 33.6 Å². The van der Waals surface area contributed by atoms with Crippen molar-refractivity contribution in [1.29, 1.82) is 0 Å². The van der Waals surface area contributed by atoms with E-state index in [0.29, 0.717) is 0 Å². The average molecular weight is 229 g/mol. The Hall–Kier alpha value is -1.08. The van der Waals surface area contributed by atoms with Crippen LogP contribution in [0.15, 0.2) is 24.3 Å². The van der Waals surface area contributed by atoms with Gasteiger partial charge in [-0.25, -0.2) is 0 Å². The standard InChI is InChI=1S/C16H23N/c1-12-5-4-6-13(2)16(12)14(3)11-15-7-9-17-10-8-15/h4-6,11,15,17H,7-10H2,1-3H3/b14-11+. The zero-order chi connectivity index (χ0) is 12.3. The van der Waals surface area contributed by atoms with Crippen molar-refractivity contribution in [2.24, 2.45) is 5.92 Å². The van der Waals surface area contributed by atoms with Crippen molar-refractivity contribution < 1.29 is 0 Å². The van der Waals surface area contributed by atoms with Crippen LogP contribution >= 0.6 is 0 Å². The van der Waals surface area contributed by atoms with Crippen molar-refractivity contribution in [3.63, 3.8) is 0 Å². The van der Waals surface area contributed by atoms with E-state index in [1.165, 1.54) is 48.2 Å². The van der Waals surface area contributed by atoms with Crippen LogP contribution in [0.25, 0.3) is 5.57 Å². The van der Waals surface area contributed by atoms with E-state index in [9.17, 15) is 0 Å². The molecule has 0 aromatic heterocycles. The van der Waals surface area contributed by atoms with Crippen LogP contribution in [0.5, 0.6) is 0 Å². The Morgan fingerprint density at radius 1 is 1.18 bits per heavy atom. The van der Waals surface area contributed by atoms with E-state index in [1.54, 1.807) is 0 Å². The summed E-state index contributed by atoms with van der Waals surface area (Å²) >= 11 is 0. The zero-order valence-electron chi connectivity index (χ0n) is 11.2. The fourth-order valence-corrected chi connectivity index (χ4v) is 2.88. The van der Waals surface area contributed by atoms with Crippen LogP contribution in [0.2, 0.25) is 0 Å². The summed E-state index contributed by atoms with van der Waals surface area (Å²) in [5.74, 6) is 0.759. The van der Waals surface area contributed by atoms with Crippen LogP contribution in [0.1, 0.15) is 36.5 Å². The molecule has 1 aliphatic heterocycles. The third kappa shape index (κ3) is 2.98. The molecule has 1 N–H and O–H groups in total. The quantitative estimate of drug-likeness (QED) is 0.815. The van der Waals surface area contributed by atoms with E-state index in [2.05, 4.69) is 50.4 Å². The summed E-state index contributed by atoms with van der Waals surface area (Å²) in [7, 11) is 0. The molecule has 92 valence electrons. The first-order valence-electron chi connectivity index (χ1n) is 6.64. The number of benzene rings is 1. The molecule has 0 unspecified atom stereocenters. The van der Waals surface area contributed by atoms with E-state index in [4.69, 9.17) is 0 Å². The molecule has 0 radical (unpaired) electrons. The molecule has 1 aliphatic rings. The number of hydrogen-bond acceptors (Lipinski definition) is 1. The summed E-state index contributed by atoms with van der Waals surface area (Å²) in [4.78, 5) is 0. The highest BCUT2D eigenvalue weighted by Crippen LogP contribution is 2.25. The smallest absolute Gasteiger partial charge is 0.00433 e. The highest BCUT2D eigenvalue weighted by atomic mass is 14.9. The molecule has 0 aliphatic carbocycles. The second-order valence-electron chi connectivity index (χ2n) is 5.20. The molecule has 1 aromatic rings. The molecule has 0 atom stereocenters. The predicted molar refractivity (Wildman–Crippen MR) is 75.2 cm³/mol. The second-order valence-corrected chi connectivity index (χ2v) is 5.20. The molecule has 0 amide bonds. The van der Waals surface area contributed by atoms with Gasteiger partial charge in [0.15, 0.2) is 0 Å². The first-order valence-corrected chi connectivity index (χ1v) is 6.64. The van der Waals surface area contributed by atoms with Crippen LogP contribution in [0.4, 0.5) is 0 Å². The normalized spacial score (nSPS) is 18.4. The van der Waals surface area contributed by atoms with Crippen molar-refractivity contribution in [1.82, 2.24) is 5.32 Å². The molecule has 1 aromatic carbocycles. The van der Waals surface area contributed by atoms with Gasteiger partial charge in [-0.3, -0.25) is 0 Å². The maximum Gasteiger partial charge on any atom is -0.00433 e. The van der Waals surface area contributed by atoms with Gasteiger partial charge in [-0.1, -0.05) is 24.3 Å². The topological polar surface area (TPSA) is 12.0 Å². The van der Waals surface area contributed by atoms with Crippen molar-refractivity contribution >= 4 is 5.57 Å². The molecule has 1 nitrogen and oxygen atoms in total. The Labute approximate surface area is 105 Å². The molecule has 0 spiro atoms. The van der Waals surface area contributed by atoms with Gasteiger partial charge in [-0.2, -0.15) is 0 Å². The summed E-state index contributed by atoms with van der Waals surface area (Å²) in [6, 6.07) is 6.57. The van der Waals surface area contributed by atoms with Crippen LogP contribution in [0, 0.1) is 19.8 Å². The van der Waals surface area contributed by atoms with Gasteiger partial charge in [0.05, 0.1) is 0 Å². The van der Waals surface area contributed by atoms with Gasteiger partial charge in [0.2, 0.25) is 0 Å². The number of nitrogens with one attached hydrogen (secondary N) is 1. The Bertz CT molecular complexity index is 391. The van der Waals surface area contributed by atoms with Crippen molar-refractivity contribution in [3.05, 3.63) is 41.0 Å². The summed E-state index contributed by atoms with van der Waals surface area (Å²) in [5.41, 5.74) is 5.69. The molecular weight excluding hydrogens is 206 g/mol. The summed E-state index contributed by atoms with van der Waals surface area (Å²) in [6.07, 6.45) is 5.04. The fraction of sp³-hybridized carbons (Fsp3) is 0.500. The van der Waals surface area contributed by atoms with Crippen LogP contribution in [-0.4, -0.2) is 13.1 Å². The number of piperidine rings is 1. The number of allylic oxidation sites excluding steroid dienone is 2. The molecule has 0 bridgehead atoms. The zero-order valence-corrected chi connectivity index (χ0v) is 11.2. The Kier molecular flexibility index (Phi) is 4.01. The summed E-state index contributed by atoms with van der Waals surface area (Å²) < 4.78 is 0. The monoisotopic (exact) mass is 229 g/mol. The van der Waals surface area contributed by atoms with Gasteiger partial charge < -0.3 is 5.32 Å². The number of aryl methyl sites for hydroxylation is 2. The van der Waals surface area contributed by atoms with E-state index >= 15 is 0 Å². The Morgan fingerprint density at radius 2 is 1.76 bits per heavy atom. The lowest BCUT2D eigenvalue weighted by Crippen LogP contribution is -2.26. The molecule has 0 saturated carbocycles. The largest absolute Gasteiger partial charge is 0.317 e. The molecule has 17 heavy (non-hydrogen) atoms. The van der Waals surface area contributed by atoms with E-state index < -0.39 is 0 Å². The highest BCUT2D eigenvalue weighted by molar-refractivity contribution is 5.69. The molecule has 1 heteroatoms. The van der Waals surface area contributed by atoms with E-state index in [0.717, 1.165) is 5.92 Å². The Morgan fingerprint density at radius 3 is 2.35 bits per heavy atom. The van der Waals surface area contributed by atoms with Crippen LogP contribution in [0.3, 0.4) is 0 Å². The first kappa shape index (κ1) is 12.4. The minimum absolute atomic E-state index is 0.759. The van der Waals surface area contributed by atoms with Crippen LogP contribution in [-0.2, 0) is 0 Å². The molecule has 1 saturated heterocycles. The summed E-state index contributed by atoms with van der Waals surface area (Å²) in [6.45, 7) is 9.02. The minimum atomic E-state index is 0.759. The van der Waals surface area contributed by atoms with Gasteiger partial charge in [0.1, 0.15) is 0 Å². The van der Waals surface area contributed by atoms with E-state index in [-0.39, 0.29) is 0 Å². The van der Waals surface area contributed by atoms with Crippen molar-refractivity contribution in [3.8, 4) is 0 Å². The van der Waals surface area contributed by atoms with E-state index in [1.807, 2.05) is 0 Å². The first-order chi connectivity index (χ1) is 8.18. The third-order valence-corrected chi connectivity index (χ3v) is 3.74. The van der Waals surface area contributed by atoms with Gasteiger partial charge >= 0.3 is 0 Å². The molecular formula is C16H23N. The second kappa shape index (κ2) is 5.50. The van der Waals surface area contributed by atoms with Gasteiger partial charge in [0.25, 0.3) is 0 Å². The lowest BCUT2D eigenvalue weighted by Gasteiger charge is -2.21. The van der Waals surface area contributed by atoms with Gasteiger partial charge in [-0.05, 0) is 74.9 Å². The van der Waals surface area contributed by atoms with Gasteiger partial charge in [-0.15, -0.1) is 0 Å². The van der Waals surface area contributed by atoms with Crippen molar-refractivity contribution in [2.75, 3.05) is 13.1 Å². The molecule has 2 rings (SSSR count). The molecule has 1 fully saturated rings. The molecule has 1 heterocycles. The van der Waals surface area contributed by atoms with Crippen LogP contribution < -0.4 is 5.32 Å². The SMILES string of the molecule is C/C(=C\C1CCNCC1)c1c(C)cccc1C. The lowest BCUT2D eigenvalue weighted by molar-refractivity contribution is 0.437. The number of rotatable bonds is 2. The Balaban J connectivity index is 2.23. The third-order valence-electron chi connectivity index (χ3n) is 3.74. The highest BCUT2D eigenvalue weighted by Gasteiger charge is 2.12.